The molecular weight excluding hydrogens is 270 g/mol. The predicted molar refractivity (Wildman–Crippen MR) is 72.0 cm³/mol. The summed E-state index contributed by atoms with van der Waals surface area (Å²) in [6.45, 7) is 4.48. The second-order valence-corrected chi connectivity index (χ2v) is 7.80. The average Bonchev–Trinajstić information content (AvgIpc) is 2.98. The molecule has 1 atom stereocenters. The number of hydrogen-bond acceptors (Lipinski definition) is 4. The summed E-state index contributed by atoms with van der Waals surface area (Å²) in [6.07, 6.45) is 1.84. The number of aliphatic hydroxyl groups is 1. The lowest BCUT2D eigenvalue weighted by Crippen LogP contribution is -2.38. The molecule has 0 radical (unpaired) electrons. The molecule has 0 saturated carbocycles. The maximum atomic E-state index is 12.6. The number of aliphatic hydroxyl groups excluding tert-OH is 1. The van der Waals surface area contributed by atoms with Crippen LogP contribution >= 0.6 is 11.3 Å². The van der Waals surface area contributed by atoms with E-state index in [-0.39, 0.29) is 17.5 Å². The molecule has 1 aliphatic rings. The van der Waals surface area contributed by atoms with Crippen LogP contribution in [0.5, 0.6) is 0 Å². The lowest BCUT2D eigenvalue weighted by atomic mass is 10.0. The first-order chi connectivity index (χ1) is 8.48. The van der Waals surface area contributed by atoms with E-state index >= 15 is 0 Å². The van der Waals surface area contributed by atoms with Gasteiger partial charge in [-0.1, -0.05) is 13.8 Å². The fourth-order valence-corrected chi connectivity index (χ4v) is 5.62. The summed E-state index contributed by atoms with van der Waals surface area (Å²) in [5, 5.41) is 10.9. The van der Waals surface area contributed by atoms with Crippen LogP contribution in [-0.4, -0.2) is 30.4 Å². The van der Waals surface area contributed by atoms with Gasteiger partial charge in [0.25, 0.3) is 0 Å². The van der Waals surface area contributed by atoms with Crippen molar-refractivity contribution in [2.75, 3.05) is 6.54 Å². The molecule has 1 aromatic rings. The first kappa shape index (κ1) is 14.0. The molecule has 2 heterocycles. The number of sulfonamides is 1. The van der Waals surface area contributed by atoms with Gasteiger partial charge in [-0.3, -0.25) is 0 Å². The molecule has 1 saturated heterocycles. The highest BCUT2D eigenvalue weighted by molar-refractivity contribution is 7.89. The summed E-state index contributed by atoms with van der Waals surface area (Å²) in [5.41, 5.74) is 0. The molecule has 1 N–H and O–H groups in total. The van der Waals surface area contributed by atoms with E-state index in [1.54, 1.807) is 15.8 Å². The van der Waals surface area contributed by atoms with Crippen LogP contribution in [0.3, 0.4) is 0 Å². The highest BCUT2D eigenvalue weighted by Crippen LogP contribution is 2.32. The van der Waals surface area contributed by atoms with Gasteiger partial charge in [0.2, 0.25) is 10.0 Å². The minimum Gasteiger partial charge on any atom is -0.391 e. The third-order valence-corrected chi connectivity index (χ3v) is 6.50. The van der Waals surface area contributed by atoms with Crippen molar-refractivity contribution in [2.45, 2.75) is 44.2 Å². The lowest BCUT2D eigenvalue weighted by Gasteiger charge is -2.26. The maximum Gasteiger partial charge on any atom is 0.244 e. The van der Waals surface area contributed by atoms with E-state index < -0.39 is 10.0 Å². The summed E-state index contributed by atoms with van der Waals surface area (Å²) < 4.78 is 26.8. The first-order valence-corrected chi connectivity index (χ1v) is 8.49. The fraction of sp³-hybridized carbons (Fsp3) is 0.667. The van der Waals surface area contributed by atoms with Crippen molar-refractivity contribution < 1.29 is 13.5 Å². The Labute approximate surface area is 112 Å². The standard InChI is InChI=1S/C12H19NO3S2/c1-9(2)10-4-3-6-13(10)18(15,16)12-5-7-17-11(12)8-14/h5,7,9-10,14H,3-4,6,8H2,1-2H3. The Morgan fingerprint density at radius 1 is 1.56 bits per heavy atom. The molecule has 18 heavy (non-hydrogen) atoms. The van der Waals surface area contributed by atoms with E-state index in [4.69, 9.17) is 0 Å². The van der Waals surface area contributed by atoms with Gasteiger partial charge in [0.1, 0.15) is 0 Å². The van der Waals surface area contributed by atoms with Gasteiger partial charge in [-0.2, -0.15) is 4.31 Å². The van der Waals surface area contributed by atoms with Crippen molar-refractivity contribution in [3.8, 4) is 0 Å². The molecule has 1 aliphatic heterocycles. The zero-order chi connectivity index (χ0) is 13.3. The van der Waals surface area contributed by atoms with Gasteiger partial charge in [0.05, 0.1) is 11.5 Å². The van der Waals surface area contributed by atoms with E-state index in [1.165, 1.54) is 11.3 Å². The topological polar surface area (TPSA) is 57.6 Å². The molecule has 0 spiro atoms. The lowest BCUT2D eigenvalue weighted by molar-refractivity contribution is 0.281. The molecule has 6 heteroatoms. The van der Waals surface area contributed by atoms with Crippen LogP contribution in [0.2, 0.25) is 0 Å². The van der Waals surface area contributed by atoms with Crippen LogP contribution in [0.4, 0.5) is 0 Å². The number of thiophene rings is 1. The molecule has 0 amide bonds. The summed E-state index contributed by atoms with van der Waals surface area (Å²) >= 11 is 1.29. The van der Waals surface area contributed by atoms with Crippen molar-refractivity contribution in [3.63, 3.8) is 0 Å². The van der Waals surface area contributed by atoms with Gasteiger partial charge in [0, 0.05) is 17.5 Å². The summed E-state index contributed by atoms with van der Waals surface area (Å²) in [4.78, 5) is 0.812. The third kappa shape index (κ3) is 2.34. The Balaban J connectivity index is 2.37. The quantitative estimate of drug-likeness (QED) is 0.923. The Morgan fingerprint density at radius 2 is 2.28 bits per heavy atom. The summed E-state index contributed by atoms with van der Waals surface area (Å²) in [6, 6.07) is 1.68. The molecule has 2 rings (SSSR count). The Bertz CT molecular complexity index is 507. The molecule has 0 aliphatic carbocycles. The molecule has 4 nitrogen and oxygen atoms in total. The van der Waals surface area contributed by atoms with Crippen molar-refractivity contribution in [3.05, 3.63) is 16.3 Å². The normalized spacial score (nSPS) is 21.9. The van der Waals surface area contributed by atoms with Crippen molar-refractivity contribution in [1.29, 1.82) is 0 Å². The zero-order valence-electron chi connectivity index (χ0n) is 10.7. The van der Waals surface area contributed by atoms with Crippen molar-refractivity contribution in [1.82, 2.24) is 4.31 Å². The SMILES string of the molecule is CC(C)C1CCCN1S(=O)(=O)c1ccsc1CO. The van der Waals surface area contributed by atoms with Gasteiger partial charge in [0.15, 0.2) is 0 Å². The molecule has 0 bridgehead atoms. The number of rotatable bonds is 4. The van der Waals surface area contributed by atoms with E-state index in [9.17, 15) is 13.5 Å². The Morgan fingerprint density at radius 3 is 2.89 bits per heavy atom. The van der Waals surface area contributed by atoms with Gasteiger partial charge in [-0.05, 0) is 30.2 Å². The minimum absolute atomic E-state index is 0.0847. The molecule has 102 valence electrons. The van der Waals surface area contributed by atoms with Gasteiger partial charge < -0.3 is 5.11 Å². The highest BCUT2D eigenvalue weighted by Gasteiger charge is 2.37. The second-order valence-electron chi connectivity index (χ2n) is 4.94. The van der Waals surface area contributed by atoms with Crippen molar-refractivity contribution >= 4 is 21.4 Å². The van der Waals surface area contributed by atoms with Crippen LogP contribution < -0.4 is 0 Å². The highest BCUT2D eigenvalue weighted by atomic mass is 32.2. The van der Waals surface area contributed by atoms with E-state index in [2.05, 4.69) is 13.8 Å². The Kier molecular flexibility index (Phi) is 4.11. The van der Waals surface area contributed by atoms with E-state index in [0.717, 1.165) is 12.8 Å². The minimum atomic E-state index is -3.45. The number of hydrogen-bond donors (Lipinski definition) is 1. The van der Waals surface area contributed by atoms with E-state index in [0.29, 0.717) is 17.3 Å². The van der Waals surface area contributed by atoms with Crippen LogP contribution in [0, 0.1) is 5.92 Å². The predicted octanol–water partition coefficient (Wildman–Crippen LogP) is 2.05. The first-order valence-electron chi connectivity index (χ1n) is 6.17. The third-order valence-electron chi connectivity index (χ3n) is 3.45. The maximum absolute atomic E-state index is 12.6. The largest absolute Gasteiger partial charge is 0.391 e. The van der Waals surface area contributed by atoms with Crippen LogP contribution in [0.25, 0.3) is 0 Å². The number of nitrogens with zero attached hydrogens (tertiary/aromatic N) is 1. The summed E-state index contributed by atoms with van der Waals surface area (Å²) in [5.74, 6) is 0.318. The Hall–Kier alpha value is -0.430. The molecule has 1 unspecified atom stereocenters. The smallest absolute Gasteiger partial charge is 0.244 e. The van der Waals surface area contributed by atoms with Gasteiger partial charge in [-0.25, -0.2) is 8.42 Å². The van der Waals surface area contributed by atoms with Crippen LogP contribution in [0.15, 0.2) is 16.3 Å². The van der Waals surface area contributed by atoms with Crippen molar-refractivity contribution in [2.24, 2.45) is 5.92 Å². The summed E-state index contributed by atoms with van der Waals surface area (Å²) in [7, 11) is -3.45. The van der Waals surface area contributed by atoms with Crippen LogP contribution in [0.1, 0.15) is 31.6 Å². The van der Waals surface area contributed by atoms with Gasteiger partial charge in [-0.15, -0.1) is 11.3 Å². The molecule has 0 aromatic carbocycles. The fourth-order valence-electron chi connectivity index (χ4n) is 2.53. The zero-order valence-corrected chi connectivity index (χ0v) is 12.3. The van der Waals surface area contributed by atoms with Crippen LogP contribution in [-0.2, 0) is 16.6 Å². The average molecular weight is 289 g/mol. The molecule has 1 fully saturated rings. The molecule has 1 aromatic heterocycles. The second kappa shape index (κ2) is 5.28. The molecular formula is C12H19NO3S2. The monoisotopic (exact) mass is 289 g/mol. The van der Waals surface area contributed by atoms with Gasteiger partial charge >= 0.3 is 0 Å². The van der Waals surface area contributed by atoms with E-state index in [1.807, 2.05) is 0 Å².